The minimum Gasteiger partial charge on any atom is -0.497 e. The van der Waals surface area contributed by atoms with Gasteiger partial charge in [0, 0.05) is 19.7 Å². The highest BCUT2D eigenvalue weighted by molar-refractivity contribution is 7.89. The number of carbonyl (C=O) groups excluding carboxylic acids is 1. The lowest BCUT2D eigenvalue weighted by molar-refractivity contribution is 0.104. The maximum Gasteiger partial charge on any atom is 0.242 e. The lowest BCUT2D eigenvalue weighted by Gasteiger charge is -2.11. The Bertz CT molecular complexity index is 836. The molecule has 0 heterocycles. The van der Waals surface area contributed by atoms with Crippen molar-refractivity contribution in [2.75, 3.05) is 21.2 Å². The molecule has 0 spiro atoms. The molecular weight excluding hydrogens is 326 g/mol. The van der Waals surface area contributed by atoms with Gasteiger partial charge in [-0.2, -0.15) is 0 Å². The van der Waals surface area contributed by atoms with Crippen LogP contribution in [0.4, 0.5) is 0 Å². The first kappa shape index (κ1) is 17.9. The van der Waals surface area contributed by atoms with Crippen LogP contribution in [0, 0.1) is 0 Å². The van der Waals surface area contributed by atoms with Gasteiger partial charge in [0.25, 0.3) is 0 Å². The zero-order valence-corrected chi connectivity index (χ0v) is 14.6. The van der Waals surface area contributed by atoms with Gasteiger partial charge in [-0.15, -0.1) is 0 Å². The molecule has 0 unspecified atom stereocenters. The van der Waals surface area contributed by atoms with Crippen molar-refractivity contribution in [2.45, 2.75) is 4.90 Å². The van der Waals surface area contributed by atoms with Crippen molar-refractivity contribution in [2.24, 2.45) is 0 Å². The lowest BCUT2D eigenvalue weighted by atomic mass is 10.1. The highest BCUT2D eigenvalue weighted by atomic mass is 32.2. The number of benzene rings is 2. The average Bonchev–Trinajstić information content (AvgIpc) is 2.60. The standard InChI is InChI=1S/C18H19NO4S/c1-19(2)24(21,22)17-11-7-15(8-12-17)18(20)13-6-14-4-9-16(23-3)10-5-14/h4-13H,1-3H3. The topological polar surface area (TPSA) is 63.7 Å². The van der Waals surface area contributed by atoms with E-state index in [2.05, 4.69) is 0 Å². The number of hydrogen-bond donors (Lipinski definition) is 0. The van der Waals surface area contributed by atoms with Gasteiger partial charge in [-0.1, -0.05) is 18.2 Å². The molecule has 5 nitrogen and oxygen atoms in total. The van der Waals surface area contributed by atoms with Crippen LogP contribution in [0.3, 0.4) is 0 Å². The molecule has 0 saturated heterocycles. The third-order valence-electron chi connectivity index (χ3n) is 3.46. The summed E-state index contributed by atoms with van der Waals surface area (Å²) in [7, 11) is 1.03. The van der Waals surface area contributed by atoms with Crippen LogP contribution < -0.4 is 4.74 Å². The molecule has 0 fully saturated rings. The van der Waals surface area contributed by atoms with Crippen molar-refractivity contribution >= 4 is 21.9 Å². The van der Waals surface area contributed by atoms with Crippen LogP contribution in [0.15, 0.2) is 59.5 Å². The molecule has 0 amide bonds. The summed E-state index contributed by atoms with van der Waals surface area (Å²) in [4.78, 5) is 12.3. The van der Waals surface area contributed by atoms with E-state index in [9.17, 15) is 13.2 Å². The molecule has 2 aromatic rings. The smallest absolute Gasteiger partial charge is 0.242 e. The van der Waals surface area contributed by atoms with Gasteiger partial charge < -0.3 is 4.74 Å². The number of carbonyl (C=O) groups is 1. The number of methoxy groups -OCH3 is 1. The Morgan fingerprint density at radius 3 is 2.08 bits per heavy atom. The van der Waals surface area contributed by atoms with Crippen LogP contribution in [-0.4, -0.2) is 39.7 Å². The molecule has 0 aliphatic rings. The van der Waals surface area contributed by atoms with E-state index in [1.54, 1.807) is 13.2 Å². The van der Waals surface area contributed by atoms with Crippen LogP contribution in [0.2, 0.25) is 0 Å². The average molecular weight is 345 g/mol. The first-order valence-corrected chi connectivity index (χ1v) is 8.67. The van der Waals surface area contributed by atoms with Crippen molar-refractivity contribution in [3.05, 3.63) is 65.7 Å². The zero-order valence-electron chi connectivity index (χ0n) is 13.8. The maximum atomic E-state index is 12.2. The molecule has 0 aromatic heterocycles. The van der Waals surface area contributed by atoms with E-state index in [1.165, 1.54) is 44.4 Å². The zero-order chi connectivity index (χ0) is 17.7. The van der Waals surface area contributed by atoms with Crippen LogP contribution in [-0.2, 0) is 10.0 Å². The molecule has 0 bridgehead atoms. The Morgan fingerprint density at radius 1 is 1.00 bits per heavy atom. The second-order valence-corrected chi connectivity index (χ2v) is 7.43. The first-order chi connectivity index (χ1) is 11.3. The van der Waals surface area contributed by atoms with Gasteiger partial charge in [0.1, 0.15) is 5.75 Å². The predicted molar refractivity (Wildman–Crippen MR) is 93.7 cm³/mol. The number of nitrogens with zero attached hydrogens (tertiary/aromatic N) is 1. The monoisotopic (exact) mass is 345 g/mol. The van der Waals surface area contributed by atoms with Crippen LogP contribution in [0.25, 0.3) is 6.08 Å². The summed E-state index contributed by atoms with van der Waals surface area (Å²) in [6.45, 7) is 0. The van der Waals surface area contributed by atoms with Gasteiger partial charge in [0.2, 0.25) is 10.0 Å². The number of ether oxygens (including phenoxy) is 1. The summed E-state index contributed by atoms with van der Waals surface area (Å²) >= 11 is 0. The second-order valence-electron chi connectivity index (χ2n) is 5.28. The minimum atomic E-state index is -3.49. The Morgan fingerprint density at radius 2 is 1.58 bits per heavy atom. The van der Waals surface area contributed by atoms with Crippen molar-refractivity contribution in [1.82, 2.24) is 4.31 Å². The Kier molecular flexibility index (Phi) is 5.54. The fourth-order valence-corrected chi connectivity index (χ4v) is 2.89. The normalized spacial score (nSPS) is 11.8. The molecule has 6 heteroatoms. The third-order valence-corrected chi connectivity index (χ3v) is 5.29. The molecule has 0 saturated carbocycles. The largest absolute Gasteiger partial charge is 0.497 e. The van der Waals surface area contributed by atoms with E-state index in [4.69, 9.17) is 4.74 Å². The fourth-order valence-electron chi connectivity index (χ4n) is 1.99. The molecule has 126 valence electrons. The molecule has 24 heavy (non-hydrogen) atoms. The van der Waals surface area contributed by atoms with Crippen molar-refractivity contribution in [3.8, 4) is 5.75 Å². The number of rotatable bonds is 6. The van der Waals surface area contributed by atoms with Crippen LogP contribution >= 0.6 is 0 Å². The summed E-state index contributed by atoms with van der Waals surface area (Å²) in [6.07, 6.45) is 3.16. The first-order valence-electron chi connectivity index (χ1n) is 7.23. The molecule has 2 rings (SSSR count). The summed E-state index contributed by atoms with van der Waals surface area (Å²) < 4.78 is 30.2. The maximum absolute atomic E-state index is 12.2. The highest BCUT2D eigenvalue weighted by Crippen LogP contribution is 2.16. The van der Waals surface area contributed by atoms with Crippen LogP contribution in [0.5, 0.6) is 5.75 Å². The van der Waals surface area contributed by atoms with Gasteiger partial charge in [-0.3, -0.25) is 4.79 Å². The Balaban J connectivity index is 2.14. The molecule has 0 aliphatic heterocycles. The van der Waals surface area contributed by atoms with E-state index < -0.39 is 10.0 Å². The van der Waals surface area contributed by atoms with Crippen LogP contribution in [0.1, 0.15) is 15.9 Å². The number of hydrogen-bond acceptors (Lipinski definition) is 4. The fraction of sp³-hybridized carbons (Fsp3) is 0.167. The van der Waals surface area contributed by atoms with E-state index in [0.29, 0.717) is 5.56 Å². The Hall–Kier alpha value is -2.44. The van der Waals surface area contributed by atoms with E-state index >= 15 is 0 Å². The summed E-state index contributed by atoms with van der Waals surface area (Å²) in [5.41, 5.74) is 1.30. The number of allylic oxidation sites excluding steroid dienone is 1. The molecule has 0 radical (unpaired) electrons. The van der Waals surface area contributed by atoms with Gasteiger partial charge in [0.15, 0.2) is 5.78 Å². The van der Waals surface area contributed by atoms with Crippen molar-refractivity contribution in [1.29, 1.82) is 0 Å². The van der Waals surface area contributed by atoms with E-state index in [0.717, 1.165) is 15.6 Å². The number of sulfonamides is 1. The number of ketones is 1. The summed E-state index contributed by atoms with van der Waals surface area (Å²) in [5, 5.41) is 0. The molecule has 2 aromatic carbocycles. The molecule has 0 aliphatic carbocycles. The summed E-state index contributed by atoms with van der Waals surface area (Å²) in [5.74, 6) is 0.552. The lowest BCUT2D eigenvalue weighted by Crippen LogP contribution is -2.22. The van der Waals surface area contributed by atoms with Crippen molar-refractivity contribution in [3.63, 3.8) is 0 Å². The predicted octanol–water partition coefficient (Wildman–Crippen LogP) is 2.84. The van der Waals surface area contributed by atoms with Gasteiger partial charge in [-0.25, -0.2) is 12.7 Å². The molecule has 0 N–H and O–H groups in total. The van der Waals surface area contributed by atoms with Crippen molar-refractivity contribution < 1.29 is 17.9 Å². The summed E-state index contributed by atoms with van der Waals surface area (Å²) in [6, 6.07) is 13.2. The van der Waals surface area contributed by atoms with Gasteiger partial charge in [0.05, 0.1) is 12.0 Å². The Labute approximate surface area is 142 Å². The molecular formula is C18H19NO4S. The quantitative estimate of drug-likeness (QED) is 0.596. The third kappa shape index (κ3) is 4.10. The van der Waals surface area contributed by atoms with Gasteiger partial charge >= 0.3 is 0 Å². The SMILES string of the molecule is COc1ccc(C=CC(=O)c2ccc(S(=O)(=O)N(C)C)cc2)cc1. The highest BCUT2D eigenvalue weighted by Gasteiger charge is 2.17. The second kappa shape index (κ2) is 7.42. The molecule has 0 atom stereocenters. The van der Waals surface area contributed by atoms with E-state index in [1.807, 2.05) is 24.3 Å². The van der Waals surface area contributed by atoms with Gasteiger partial charge in [-0.05, 0) is 48.0 Å². The minimum absolute atomic E-state index is 0.156. The van der Waals surface area contributed by atoms with E-state index in [-0.39, 0.29) is 10.7 Å².